The van der Waals surface area contributed by atoms with Crippen molar-refractivity contribution in [2.75, 3.05) is 45.2 Å². The maximum Gasteiger partial charge on any atom is 0.322 e. The first kappa shape index (κ1) is 16.3. The first-order chi connectivity index (χ1) is 11.6. The van der Waals surface area contributed by atoms with Crippen molar-refractivity contribution in [2.24, 2.45) is 0 Å². The fraction of sp³-hybridized carbons (Fsp3) is 0.412. The Bertz CT molecular complexity index is 794. The van der Waals surface area contributed by atoms with E-state index in [0.29, 0.717) is 29.7 Å². The molecule has 1 aromatic heterocycles. The quantitative estimate of drug-likeness (QED) is 0.898. The molecule has 0 atom stereocenters. The Hall–Kier alpha value is -2.54. The monoisotopic (exact) mass is 330 g/mol. The summed E-state index contributed by atoms with van der Waals surface area (Å²) < 4.78 is 5.15. The number of methoxy groups -OCH3 is 1. The maximum absolute atomic E-state index is 12.5. The second kappa shape index (κ2) is 6.92. The van der Waals surface area contributed by atoms with E-state index in [0.717, 1.165) is 19.6 Å². The van der Waals surface area contributed by atoms with Gasteiger partial charge in [0.05, 0.1) is 12.6 Å². The predicted octanol–water partition coefficient (Wildman–Crippen LogP) is 1.71. The number of hydrogen-bond donors (Lipinski definition) is 2. The van der Waals surface area contributed by atoms with Crippen molar-refractivity contribution in [3.63, 3.8) is 0 Å². The molecule has 2 amide bonds. The van der Waals surface area contributed by atoms with E-state index in [9.17, 15) is 9.59 Å². The van der Waals surface area contributed by atoms with Crippen LogP contribution >= 0.6 is 0 Å². The number of anilines is 1. The number of hydrogen-bond acceptors (Lipinski definition) is 4. The van der Waals surface area contributed by atoms with Gasteiger partial charge in [0.15, 0.2) is 0 Å². The highest BCUT2D eigenvalue weighted by Gasteiger charge is 2.21. The first-order valence-electron chi connectivity index (χ1n) is 8.10. The van der Waals surface area contributed by atoms with Gasteiger partial charge >= 0.3 is 6.03 Å². The van der Waals surface area contributed by atoms with Gasteiger partial charge in [0.1, 0.15) is 11.4 Å². The summed E-state index contributed by atoms with van der Waals surface area (Å²) in [5.74, 6) is 0.670. The molecule has 0 radical (unpaired) electrons. The number of rotatable bonds is 3. The van der Waals surface area contributed by atoms with E-state index >= 15 is 0 Å². The molecule has 24 heavy (non-hydrogen) atoms. The molecule has 1 fully saturated rings. The van der Waals surface area contributed by atoms with E-state index in [2.05, 4.69) is 22.1 Å². The van der Waals surface area contributed by atoms with Crippen LogP contribution in [0.15, 0.2) is 29.2 Å². The lowest BCUT2D eigenvalue weighted by atomic mass is 10.2. The van der Waals surface area contributed by atoms with Gasteiger partial charge in [0.2, 0.25) is 5.43 Å². The number of aromatic nitrogens is 1. The fourth-order valence-electron chi connectivity index (χ4n) is 2.88. The van der Waals surface area contributed by atoms with Crippen molar-refractivity contribution in [3.8, 4) is 5.75 Å². The number of pyridine rings is 1. The SMILES string of the molecule is CCN1CCN(C(=O)Nc2c[nH]c3cc(OC)ccc3c2=O)CC1. The smallest absolute Gasteiger partial charge is 0.322 e. The van der Waals surface area contributed by atoms with Crippen LogP contribution in [0.1, 0.15) is 6.92 Å². The molecule has 1 saturated heterocycles. The van der Waals surface area contributed by atoms with Crippen LogP contribution in [0.3, 0.4) is 0 Å². The van der Waals surface area contributed by atoms with Gasteiger partial charge in [0.25, 0.3) is 0 Å². The van der Waals surface area contributed by atoms with E-state index in [-0.39, 0.29) is 17.1 Å². The van der Waals surface area contributed by atoms with Gasteiger partial charge in [-0.1, -0.05) is 6.92 Å². The van der Waals surface area contributed by atoms with Gasteiger partial charge in [-0.25, -0.2) is 4.79 Å². The second-order valence-corrected chi connectivity index (χ2v) is 5.79. The van der Waals surface area contributed by atoms with Crippen molar-refractivity contribution in [3.05, 3.63) is 34.6 Å². The van der Waals surface area contributed by atoms with Crippen molar-refractivity contribution in [1.29, 1.82) is 0 Å². The highest BCUT2D eigenvalue weighted by molar-refractivity contribution is 5.92. The zero-order chi connectivity index (χ0) is 17.1. The lowest BCUT2D eigenvalue weighted by Crippen LogP contribution is -2.50. The highest BCUT2D eigenvalue weighted by Crippen LogP contribution is 2.18. The van der Waals surface area contributed by atoms with Crippen molar-refractivity contribution < 1.29 is 9.53 Å². The molecule has 1 aromatic carbocycles. The number of carbonyl (C=O) groups excluding carboxylic acids is 1. The zero-order valence-corrected chi connectivity index (χ0v) is 14.0. The minimum atomic E-state index is -0.232. The van der Waals surface area contributed by atoms with E-state index in [4.69, 9.17) is 4.74 Å². The first-order valence-corrected chi connectivity index (χ1v) is 8.10. The Kier molecular flexibility index (Phi) is 4.71. The van der Waals surface area contributed by atoms with Crippen molar-refractivity contribution >= 4 is 22.6 Å². The van der Waals surface area contributed by atoms with Gasteiger partial charge in [-0.2, -0.15) is 0 Å². The molecule has 0 unspecified atom stereocenters. The number of piperazine rings is 1. The molecule has 2 aromatic rings. The van der Waals surface area contributed by atoms with Gasteiger partial charge in [-0.15, -0.1) is 0 Å². The number of fused-ring (bicyclic) bond motifs is 1. The van der Waals surface area contributed by atoms with Gasteiger partial charge in [0, 0.05) is 43.8 Å². The highest BCUT2D eigenvalue weighted by atomic mass is 16.5. The summed E-state index contributed by atoms with van der Waals surface area (Å²) in [5.41, 5.74) is 0.733. The van der Waals surface area contributed by atoms with Crippen LogP contribution in [0.25, 0.3) is 10.9 Å². The molecule has 3 rings (SSSR count). The minimum absolute atomic E-state index is 0.202. The Morgan fingerprint density at radius 1 is 1.29 bits per heavy atom. The van der Waals surface area contributed by atoms with Crippen LogP contribution in [-0.4, -0.2) is 60.6 Å². The number of aromatic amines is 1. The Morgan fingerprint density at radius 3 is 2.71 bits per heavy atom. The van der Waals surface area contributed by atoms with E-state index < -0.39 is 0 Å². The standard InChI is InChI=1S/C17H22N4O3/c1-3-20-6-8-21(9-7-20)17(23)19-15-11-18-14-10-12(24-2)4-5-13(14)16(15)22/h4-5,10-11H,3,6-9H2,1-2H3,(H,18,22)(H,19,23). The molecule has 1 aliphatic rings. The normalized spacial score (nSPS) is 15.5. The summed E-state index contributed by atoms with van der Waals surface area (Å²) in [6.45, 7) is 6.16. The minimum Gasteiger partial charge on any atom is -0.497 e. The number of nitrogens with one attached hydrogen (secondary N) is 2. The van der Waals surface area contributed by atoms with Gasteiger partial charge in [-0.3, -0.25) is 4.79 Å². The fourth-order valence-corrected chi connectivity index (χ4v) is 2.88. The number of nitrogens with zero attached hydrogens (tertiary/aromatic N) is 2. The van der Waals surface area contributed by atoms with E-state index in [1.165, 1.54) is 6.20 Å². The third-order valence-electron chi connectivity index (χ3n) is 4.44. The lowest BCUT2D eigenvalue weighted by molar-refractivity contribution is 0.151. The average molecular weight is 330 g/mol. The topological polar surface area (TPSA) is 77.7 Å². The molecule has 0 spiro atoms. The molecule has 1 aliphatic heterocycles. The molecule has 0 aliphatic carbocycles. The van der Waals surface area contributed by atoms with Crippen LogP contribution < -0.4 is 15.5 Å². The third-order valence-corrected chi connectivity index (χ3v) is 4.44. The molecule has 0 bridgehead atoms. The second-order valence-electron chi connectivity index (χ2n) is 5.79. The van der Waals surface area contributed by atoms with Gasteiger partial charge in [-0.05, 0) is 18.7 Å². The Labute approximate surface area is 140 Å². The Balaban J connectivity index is 1.77. The number of H-pyrrole nitrogens is 1. The zero-order valence-electron chi connectivity index (χ0n) is 14.0. The van der Waals surface area contributed by atoms with Gasteiger partial charge < -0.3 is 24.8 Å². The summed E-state index contributed by atoms with van der Waals surface area (Å²) in [6.07, 6.45) is 1.53. The average Bonchev–Trinajstić information content (AvgIpc) is 2.63. The van der Waals surface area contributed by atoms with E-state index in [1.54, 1.807) is 30.2 Å². The van der Waals surface area contributed by atoms with Crippen LogP contribution in [0.5, 0.6) is 5.75 Å². The lowest BCUT2D eigenvalue weighted by Gasteiger charge is -2.33. The van der Waals surface area contributed by atoms with Crippen molar-refractivity contribution in [1.82, 2.24) is 14.8 Å². The molecule has 7 nitrogen and oxygen atoms in total. The molecule has 7 heteroatoms. The number of amides is 2. The molecule has 128 valence electrons. The molecule has 2 heterocycles. The summed E-state index contributed by atoms with van der Waals surface area (Å²) >= 11 is 0. The largest absolute Gasteiger partial charge is 0.497 e. The molecule has 2 N–H and O–H groups in total. The number of urea groups is 1. The number of ether oxygens (including phenoxy) is 1. The number of likely N-dealkylation sites (N-methyl/N-ethyl adjacent to an activating group) is 1. The van der Waals surface area contributed by atoms with Crippen LogP contribution in [0.4, 0.5) is 10.5 Å². The van der Waals surface area contributed by atoms with Crippen LogP contribution in [-0.2, 0) is 0 Å². The van der Waals surface area contributed by atoms with Crippen molar-refractivity contribution in [2.45, 2.75) is 6.92 Å². The summed E-state index contributed by atoms with van der Waals surface area (Å²) in [4.78, 5) is 32.0. The summed E-state index contributed by atoms with van der Waals surface area (Å²) in [6, 6.07) is 4.95. The number of benzene rings is 1. The van der Waals surface area contributed by atoms with E-state index in [1.807, 2.05) is 0 Å². The summed E-state index contributed by atoms with van der Waals surface area (Å²) in [7, 11) is 1.58. The maximum atomic E-state index is 12.5. The Morgan fingerprint density at radius 2 is 2.04 bits per heavy atom. The molecule has 0 saturated carbocycles. The molecular weight excluding hydrogens is 308 g/mol. The summed E-state index contributed by atoms with van der Waals surface area (Å²) in [5, 5.41) is 3.24. The number of carbonyl (C=O) groups is 1. The molecular formula is C17H22N4O3. The van der Waals surface area contributed by atoms with Crippen LogP contribution in [0.2, 0.25) is 0 Å². The predicted molar refractivity (Wildman–Crippen MR) is 93.8 cm³/mol. The third kappa shape index (κ3) is 3.21. The van der Waals surface area contributed by atoms with Crippen LogP contribution in [0, 0.1) is 0 Å².